The fourth-order valence-electron chi connectivity index (χ4n) is 7.64. The number of anilines is 1. The molecule has 0 spiro atoms. The third kappa shape index (κ3) is 4.50. The maximum Gasteiger partial charge on any atom is 0.325 e. The molecule has 0 aromatic heterocycles. The summed E-state index contributed by atoms with van der Waals surface area (Å²) in [6.45, 7) is 4.69. The Labute approximate surface area is 222 Å². The molecule has 2 unspecified atom stereocenters. The number of esters is 1. The van der Waals surface area contributed by atoms with Gasteiger partial charge in [-0.3, -0.25) is 14.9 Å². The van der Waals surface area contributed by atoms with Crippen molar-refractivity contribution in [2.24, 2.45) is 17.3 Å². The number of imide groups is 1. The highest BCUT2D eigenvalue weighted by Crippen LogP contribution is 2.66. The first-order valence-corrected chi connectivity index (χ1v) is 13.5. The van der Waals surface area contributed by atoms with Gasteiger partial charge < -0.3 is 19.5 Å². The van der Waals surface area contributed by atoms with Crippen LogP contribution < -0.4 is 20.1 Å². The highest BCUT2D eigenvalue weighted by atomic mass is 16.6. The summed E-state index contributed by atoms with van der Waals surface area (Å²) in [6.07, 6.45) is 5.80. The zero-order valence-electron chi connectivity index (χ0n) is 21.9. The molecular formula is C30H34N2O6. The van der Waals surface area contributed by atoms with Crippen molar-refractivity contribution < 1.29 is 28.6 Å². The van der Waals surface area contributed by atoms with Crippen molar-refractivity contribution in [1.82, 2.24) is 5.32 Å². The molecule has 0 radical (unpaired) electrons. The van der Waals surface area contributed by atoms with E-state index in [2.05, 4.69) is 42.7 Å². The molecule has 2 aromatic rings. The van der Waals surface area contributed by atoms with E-state index in [0.717, 1.165) is 32.1 Å². The fraction of sp³-hybridized carbons (Fsp3) is 0.500. The van der Waals surface area contributed by atoms with Crippen molar-refractivity contribution in [3.05, 3.63) is 53.1 Å². The molecule has 4 aliphatic carbocycles. The van der Waals surface area contributed by atoms with Crippen molar-refractivity contribution in [2.75, 3.05) is 25.1 Å². The number of urea groups is 1. The molecule has 38 heavy (non-hydrogen) atoms. The van der Waals surface area contributed by atoms with Crippen LogP contribution in [0.3, 0.4) is 0 Å². The first kappa shape index (κ1) is 24.8. The van der Waals surface area contributed by atoms with Crippen LogP contribution in [0.1, 0.15) is 55.2 Å². The topological polar surface area (TPSA) is 103 Å². The summed E-state index contributed by atoms with van der Waals surface area (Å²) < 4.78 is 16.6. The third-order valence-electron chi connectivity index (χ3n) is 9.00. The lowest BCUT2D eigenvalue weighted by atomic mass is 9.43. The average molecular weight is 519 g/mol. The van der Waals surface area contributed by atoms with Gasteiger partial charge in [-0.2, -0.15) is 0 Å². The molecule has 7 rings (SSSR count). The van der Waals surface area contributed by atoms with Gasteiger partial charge >= 0.3 is 12.0 Å². The third-order valence-corrected chi connectivity index (χ3v) is 9.00. The lowest BCUT2D eigenvalue weighted by Gasteiger charge is -2.61. The average Bonchev–Trinajstić information content (AvgIpc) is 2.88. The highest BCUT2D eigenvalue weighted by Gasteiger charge is 2.61. The second-order valence-electron chi connectivity index (χ2n) is 11.8. The molecule has 2 N–H and O–H groups in total. The molecular weight excluding hydrogens is 484 g/mol. The number of benzene rings is 2. The van der Waals surface area contributed by atoms with Crippen LogP contribution in [0.15, 0.2) is 36.4 Å². The largest absolute Gasteiger partial charge is 0.486 e. The van der Waals surface area contributed by atoms with Crippen LogP contribution >= 0.6 is 0 Å². The predicted octanol–water partition coefficient (Wildman–Crippen LogP) is 4.80. The monoisotopic (exact) mass is 518 g/mol. The van der Waals surface area contributed by atoms with Crippen molar-refractivity contribution in [1.29, 1.82) is 0 Å². The predicted molar refractivity (Wildman–Crippen MR) is 140 cm³/mol. The van der Waals surface area contributed by atoms with Gasteiger partial charge in [0.25, 0.3) is 5.91 Å². The van der Waals surface area contributed by atoms with Gasteiger partial charge in [0.1, 0.15) is 13.2 Å². The van der Waals surface area contributed by atoms with Gasteiger partial charge in [0.15, 0.2) is 18.1 Å². The van der Waals surface area contributed by atoms with Crippen molar-refractivity contribution >= 4 is 23.6 Å². The quantitative estimate of drug-likeness (QED) is 0.551. The minimum Gasteiger partial charge on any atom is -0.486 e. The molecule has 0 saturated heterocycles. The van der Waals surface area contributed by atoms with Crippen molar-refractivity contribution in [3.8, 4) is 11.5 Å². The summed E-state index contributed by atoms with van der Waals surface area (Å²) >= 11 is 0. The Kier molecular flexibility index (Phi) is 6.08. The summed E-state index contributed by atoms with van der Waals surface area (Å²) in [4.78, 5) is 38.3. The number of carbonyl (C=O) groups is 3. The van der Waals surface area contributed by atoms with E-state index in [1.165, 1.54) is 23.1 Å². The fourth-order valence-corrected chi connectivity index (χ4v) is 7.64. The molecule has 4 atom stereocenters. The summed E-state index contributed by atoms with van der Waals surface area (Å²) in [5.74, 6) is 1.16. The van der Waals surface area contributed by atoms with Crippen LogP contribution in [-0.4, -0.2) is 37.7 Å². The summed E-state index contributed by atoms with van der Waals surface area (Å²) in [5.41, 5.74) is 3.78. The molecule has 5 aliphatic rings. The van der Waals surface area contributed by atoms with Gasteiger partial charge in [-0.05, 0) is 98.4 Å². The summed E-state index contributed by atoms with van der Waals surface area (Å²) in [7, 11) is 0. The van der Waals surface area contributed by atoms with Crippen LogP contribution in [-0.2, 0) is 19.7 Å². The Hall–Kier alpha value is -3.55. The van der Waals surface area contributed by atoms with E-state index in [9.17, 15) is 14.4 Å². The zero-order valence-corrected chi connectivity index (χ0v) is 21.9. The second-order valence-corrected chi connectivity index (χ2v) is 11.8. The van der Waals surface area contributed by atoms with Crippen LogP contribution in [0.2, 0.25) is 0 Å². The molecule has 3 amide bonds. The van der Waals surface area contributed by atoms with E-state index in [1.54, 1.807) is 18.2 Å². The number of carbonyl (C=O) groups excluding carboxylic acids is 3. The molecule has 2 aromatic carbocycles. The number of fused-ring (bicyclic) bond motifs is 1. The minimum atomic E-state index is -0.703. The van der Waals surface area contributed by atoms with E-state index < -0.39 is 24.0 Å². The van der Waals surface area contributed by atoms with Gasteiger partial charge in [-0.25, -0.2) is 4.79 Å². The number of hydrogen-bond acceptors (Lipinski definition) is 6. The van der Waals surface area contributed by atoms with E-state index in [4.69, 9.17) is 14.2 Å². The molecule has 4 saturated carbocycles. The maximum atomic E-state index is 13.5. The van der Waals surface area contributed by atoms with Crippen LogP contribution in [0.5, 0.6) is 11.5 Å². The van der Waals surface area contributed by atoms with E-state index >= 15 is 0 Å². The van der Waals surface area contributed by atoms with Crippen molar-refractivity contribution in [3.63, 3.8) is 0 Å². The Bertz CT molecular complexity index is 1290. The Morgan fingerprint density at radius 3 is 2.39 bits per heavy atom. The number of rotatable bonds is 5. The molecule has 200 valence electrons. The molecule has 1 heterocycles. The summed E-state index contributed by atoms with van der Waals surface area (Å²) in [5, 5.41) is 4.85. The SMILES string of the molecule is Cc1ccc(C23C[C@@H]4C[C@@H](CC(C(=O)OCC(=O)NC(=O)Nc5ccc6c(c5)OCCO6)(C4)C2)C3)cc1C. The Morgan fingerprint density at radius 1 is 0.921 bits per heavy atom. The molecule has 4 bridgehead atoms. The van der Waals surface area contributed by atoms with E-state index in [1.807, 2.05) is 0 Å². The highest BCUT2D eigenvalue weighted by molar-refractivity contribution is 6.02. The molecule has 8 heteroatoms. The Morgan fingerprint density at radius 2 is 1.66 bits per heavy atom. The zero-order chi connectivity index (χ0) is 26.5. The van der Waals surface area contributed by atoms with Crippen molar-refractivity contribution in [2.45, 2.75) is 57.8 Å². The normalized spacial score (nSPS) is 28.5. The number of ether oxygens (including phenoxy) is 3. The van der Waals surface area contributed by atoms with Gasteiger partial charge in [0, 0.05) is 11.8 Å². The smallest absolute Gasteiger partial charge is 0.325 e. The lowest BCUT2D eigenvalue weighted by molar-refractivity contribution is -0.175. The van der Waals surface area contributed by atoms with E-state index in [-0.39, 0.29) is 11.4 Å². The van der Waals surface area contributed by atoms with Crippen LogP contribution in [0, 0.1) is 31.1 Å². The number of aryl methyl sites for hydroxylation is 2. The van der Waals surface area contributed by atoms with Crippen LogP contribution in [0.4, 0.5) is 10.5 Å². The molecule has 4 fully saturated rings. The summed E-state index contributed by atoms with van der Waals surface area (Å²) in [6, 6.07) is 11.0. The molecule has 1 aliphatic heterocycles. The van der Waals surface area contributed by atoms with E-state index in [0.29, 0.717) is 42.2 Å². The second kappa shape index (κ2) is 9.33. The van der Waals surface area contributed by atoms with Gasteiger partial charge in [0.05, 0.1) is 5.41 Å². The maximum absolute atomic E-state index is 13.5. The lowest BCUT2D eigenvalue weighted by Crippen LogP contribution is -2.57. The van der Waals surface area contributed by atoms with Gasteiger partial charge in [0.2, 0.25) is 0 Å². The number of hydrogen-bond donors (Lipinski definition) is 2. The minimum absolute atomic E-state index is 0.00661. The first-order chi connectivity index (χ1) is 18.2. The number of amides is 3. The standard InChI is InChI=1S/C30H34N2O6/c1-18-3-4-22(9-19(18)2)29-12-20-10-21(13-29)15-30(14-20,17-29)27(34)38-16-26(33)32-28(35)31-23-5-6-24-25(11-23)37-8-7-36-24/h3-6,9,11,20-21H,7-8,10,12-17H2,1-2H3,(H2,31,32,33,35)/t20-,21+,29?,30?. The first-order valence-electron chi connectivity index (χ1n) is 13.5. The molecule has 8 nitrogen and oxygen atoms in total. The number of nitrogens with one attached hydrogen (secondary N) is 2. The van der Waals surface area contributed by atoms with Gasteiger partial charge in [-0.1, -0.05) is 18.2 Å². The van der Waals surface area contributed by atoms with Crippen LogP contribution in [0.25, 0.3) is 0 Å². The Balaban J connectivity index is 1.08. The van der Waals surface area contributed by atoms with Gasteiger partial charge in [-0.15, -0.1) is 0 Å².